The maximum atomic E-state index is 11.3. The number of benzene rings is 1. The van der Waals surface area contributed by atoms with Crippen LogP contribution in [-0.4, -0.2) is 6.04 Å². The average molecular weight is 292 g/mol. The summed E-state index contributed by atoms with van der Waals surface area (Å²) < 4.78 is 0. The molecule has 0 aliphatic heterocycles. The molecule has 108 valence electrons. The molecule has 0 aromatic heterocycles. The van der Waals surface area contributed by atoms with E-state index in [1.54, 1.807) is 0 Å². The first-order chi connectivity index (χ1) is 9.74. The second-order valence-electron chi connectivity index (χ2n) is 5.62. The minimum absolute atomic E-state index is 0.133. The Kier molecular flexibility index (Phi) is 5.78. The van der Waals surface area contributed by atoms with E-state index in [0.29, 0.717) is 5.92 Å². The summed E-state index contributed by atoms with van der Waals surface area (Å²) in [5, 5.41) is 4.17. The Balaban J connectivity index is 2.15. The summed E-state index contributed by atoms with van der Waals surface area (Å²) in [7, 11) is 0. The monoisotopic (exact) mass is 291 g/mol. The molecule has 1 fully saturated rings. The number of hydrogen-bond donors (Lipinski definition) is 0. The molecule has 1 aromatic rings. The molecule has 1 aliphatic rings. The molecule has 0 spiro atoms. The molecule has 2 atom stereocenters. The lowest BCUT2D eigenvalue weighted by Gasteiger charge is -2.29. The normalized spacial score (nSPS) is 24.8. The van der Waals surface area contributed by atoms with Gasteiger partial charge in [-0.25, -0.2) is 0 Å². The standard InChI is InChI=1S/C17H22ClNO/c1-2-3-5-14-6-4-7-15(17(14)19-20)12-13-8-10-16(18)11-9-13/h8-12,14,17H,2-7H2,1H3. The first-order valence-electron chi connectivity index (χ1n) is 7.53. The molecule has 1 saturated carbocycles. The Hall–Kier alpha value is -1.15. The van der Waals surface area contributed by atoms with Crippen molar-refractivity contribution in [3.63, 3.8) is 0 Å². The lowest BCUT2D eigenvalue weighted by atomic mass is 9.78. The topological polar surface area (TPSA) is 29.4 Å². The third-order valence-corrected chi connectivity index (χ3v) is 4.38. The lowest BCUT2D eigenvalue weighted by Crippen LogP contribution is -2.25. The Bertz CT molecular complexity index is 466. The van der Waals surface area contributed by atoms with Gasteiger partial charge in [0, 0.05) is 5.02 Å². The molecule has 0 amide bonds. The highest BCUT2D eigenvalue weighted by Gasteiger charge is 2.29. The maximum Gasteiger partial charge on any atom is 0.116 e. The van der Waals surface area contributed by atoms with Gasteiger partial charge in [-0.05, 0) is 54.9 Å². The third kappa shape index (κ3) is 3.92. The van der Waals surface area contributed by atoms with Crippen molar-refractivity contribution in [1.29, 1.82) is 0 Å². The van der Waals surface area contributed by atoms with Crippen LogP contribution in [0, 0.1) is 10.8 Å². The predicted molar refractivity (Wildman–Crippen MR) is 85.9 cm³/mol. The molecule has 2 unspecified atom stereocenters. The zero-order chi connectivity index (χ0) is 14.4. The highest BCUT2D eigenvalue weighted by atomic mass is 35.5. The quantitative estimate of drug-likeness (QED) is 0.626. The highest BCUT2D eigenvalue weighted by molar-refractivity contribution is 6.30. The number of halogens is 1. The van der Waals surface area contributed by atoms with Crippen LogP contribution in [0.5, 0.6) is 0 Å². The zero-order valence-corrected chi connectivity index (χ0v) is 12.8. The van der Waals surface area contributed by atoms with E-state index in [1.165, 1.54) is 24.8 Å². The van der Waals surface area contributed by atoms with Crippen LogP contribution in [0.2, 0.25) is 5.02 Å². The van der Waals surface area contributed by atoms with E-state index < -0.39 is 0 Å². The van der Waals surface area contributed by atoms with E-state index in [0.717, 1.165) is 29.8 Å². The van der Waals surface area contributed by atoms with Crippen molar-refractivity contribution in [3.05, 3.63) is 45.3 Å². The van der Waals surface area contributed by atoms with Gasteiger partial charge in [-0.15, -0.1) is 0 Å². The largest absolute Gasteiger partial charge is 0.150 e. The van der Waals surface area contributed by atoms with Crippen molar-refractivity contribution in [1.82, 2.24) is 0 Å². The molecule has 20 heavy (non-hydrogen) atoms. The Morgan fingerprint density at radius 1 is 1.35 bits per heavy atom. The Morgan fingerprint density at radius 2 is 2.10 bits per heavy atom. The van der Waals surface area contributed by atoms with E-state index in [4.69, 9.17) is 11.6 Å². The Morgan fingerprint density at radius 3 is 2.75 bits per heavy atom. The number of nitroso groups, excluding NO2 is 1. The summed E-state index contributed by atoms with van der Waals surface area (Å²) in [5.74, 6) is 0.430. The first kappa shape index (κ1) is 15.2. The number of hydrogen-bond acceptors (Lipinski definition) is 2. The van der Waals surface area contributed by atoms with Crippen molar-refractivity contribution in [2.75, 3.05) is 0 Å². The van der Waals surface area contributed by atoms with Crippen LogP contribution in [-0.2, 0) is 0 Å². The van der Waals surface area contributed by atoms with Crippen LogP contribution in [0.3, 0.4) is 0 Å². The van der Waals surface area contributed by atoms with E-state index in [1.807, 2.05) is 24.3 Å². The smallest absolute Gasteiger partial charge is 0.116 e. The van der Waals surface area contributed by atoms with Crippen LogP contribution in [0.15, 0.2) is 35.0 Å². The molecular formula is C17H22ClNO. The molecule has 0 bridgehead atoms. The fraction of sp³-hybridized carbons (Fsp3) is 0.529. The molecule has 1 aromatic carbocycles. The van der Waals surface area contributed by atoms with Gasteiger partial charge in [0.25, 0.3) is 0 Å². The molecule has 0 N–H and O–H groups in total. The summed E-state index contributed by atoms with van der Waals surface area (Å²) in [6.07, 6.45) is 8.89. The summed E-state index contributed by atoms with van der Waals surface area (Å²) >= 11 is 5.90. The highest BCUT2D eigenvalue weighted by Crippen LogP contribution is 2.35. The zero-order valence-electron chi connectivity index (χ0n) is 12.0. The minimum atomic E-state index is -0.133. The van der Waals surface area contributed by atoms with Crippen LogP contribution < -0.4 is 0 Å². The van der Waals surface area contributed by atoms with Crippen molar-refractivity contribution in [2.24, 2.45) is 11.1 Å². The SMILES string of the molecule is CCCCC1CCCC(=Cc2ccc(Cl)cc2)C1N=O. The molecular weight excluding hydrogens is 270 g/mol. The predicted octanol–water partition coefficient (Wildman–Crippen LogP) is 5.85. The molecule has 2 nitrogen and oxygen atoms in total. The van der Waals surface area contributed by atoms with Crippen LogP contribution in [0.4, 0.5) is 0 Å². The van der Waals surface area contributed by atoms with Crippen molar-refractivity contribution < 1.29 is 0 Å². The van der Waals surface area contributed by atoms with Gasteiger partial charge < -0.3 is 0 Å². The first-order valence-corrected chi connectivity index (χ1v) is 7.91. The van der Waals surface area contributed by atoms with Crippen LogP contribution in [0.1, 0.15) is 51.0 Å². The second kappa shape index (κ2) is 7.58. The van der Waals surface area contributed by atoms with Crippen LogP contribution >= 0.6 is 11.6 Å². The molecule has 2 rings (SSSR count). The number of rotatable bonds is 5. The van der Waals surface area contributed by atoms with Gasteiger partial charge in [0.15, 0.2) is 0 Å². The van der Waals surface area contributed by atoms with E-state index >= 15 is 0 Å². The van der Waals surface area contributed by atoms with Gasteiger partial charge >= 0.3 is 0 Å². The van der Waals surface area contributed by atoms with Gasteiger partial charge in [0.05, 0.1) is 0 Å². The molecule has 0 saturated heterocycles. The summed E-state index contributed by atoms with van der Waals surface area (Å²) in [6, 6.07) is 7.62. The van der Waals surface area contributed by atoms with Gasteiger partial charge in [0.2, 0.25) is 0 Å². The summed E-state index contributed by atoms with van der Waals surface area (Å²) in [4.78, 5) is 11.3. The van der Waals surface area contributed by atoms with Gasteiger partial charge in [0.1, 0.15) is 6.04 Å². The second-order valence-corrected chi connectivity index (χ2v) is 6.05. The van der Waals surface area contributed by atoms with Crippen molar-refractivity contribution in [2.45, 2.75) is 51.5 Å². The third-order valence-electron chi connectivity index (χ3n) is 4.13. The van der Waals surface area contributed by atoms with Crippen molar-refractivity contribution in [3.8, 4) is 0 Å². The minimum Gasteiger partial charge on any atom is -0.150 e. The van der Waals surface area contributed by atoms with E-state index in [-0.39, 0.29) is 6.04 Å². The summed E-state index contributed by atoms with van der Waals surface area (Å²) in [5.41, 5.74) is 2.30. The lowest BCUT2D eigenvalue weighted by molar-refractivity contribution is 0.342. The Labute approximate surface area is 126 Å². The molecule has 1 aliphatic carbocycles. The molecule has 3 heteroatoms. The van der Waals surface area contributed by atoms with Gasteiger partial charge in [-0.2, -0.15) is 4.91 Å². The van der Waals surface area contributed by atoms with E-state index in [2.05, 4.69) is 18.2 Å². The molecule has 0 radical (unpaired) electrons. The summed E-state index contributed by atoms with van der Waals surface area (Å²) in [6.45, 7) is 2.19. The van der Waals surface area contributed by atoms with Crippen LogP contribution in [0.25, 0.3) is 6.08 Å². The fourth-order valence-corrected chi connectivity index (χ4v) is 3.16. The average Bonchev–Trinajstić information content (AvgIpc) is 2.47. The van der Waals surface area contributed by atoms with E-state index in [9.17, 15) is 4.91 Å². The number of nitrogens with zero attached hydrogens (tertiary/aromatic N) is 1. The van der Waals surface area contributed by atoms with Gasteiger partial charge in [-0.3, -0.25) is 0 Å². The fourth-order valence-electron chi connectivity index (χ4n) is 3.03. The maximum absolute atomic E-state index is 11.3. The number of unbranched alkanes of at least 4 members (excludes halogenated alkanes) is 1. The van der Waals surface area contributed by atoms with Gasteiger partial charge in [-0.1, -0.05) is 54.8 Å². The molecule has 0 heterocycles. The van der Waals surface area contributed by atoms with Crippen molar-refractivity contribution >= 4 is 17.7 Å².